The molecule has 4 heteroatoms. The van der Waals surface area contributed by atoms with Crippen molar-refractivity contribution in [3.63, 3.8) is 0 Å². The van der Waals surface area contributed by atoms with Gasteiger partial charge in [-0.1, -0.05) is 6.92 Å². The number of aliphatic carboxylic acids is 1. The maximum atomic E-state index is 10.9. The number of hydrogen-bond donors (Lipinski definition) is 1. The molecule has 0 saturated carbocycles. The molecule has 1 unspecified atom stereocenters. The van der Waals surface area contributed by atoms with Crippen LogP contribution in [0, 0.1) is 17.8 Å². The Labute approximate surface area is 76.9 Å². The predicted molar refractivity (Wildman–Crippen MR) is 45.8 cm³/mol. The summed E-state index contributed by atoms with van der Waals surface area (Å²) in [6, 6.07) is 0. The molecule has 0 rings (SSSR count). The zero-order valence-corrected chi connectivity index (χ0v) is 7.66. The Bertz CT molecular complexity index is 246. The summed E-state index contributed by atoms with van der Waals surface area (Å²) in [4.78, 5) is 21.4. The average Bonchev–Trinajstić information content (AvgIpc) is 2.11. The molecular weight excluding hydrogens is 172 g/mol. The monoisotopic (exact) mass is 184 g/mol. The molecule has 0 radical (unpaired) electrons. The molecule has 0 bridgehead atoms. The van der Waals surface area contributed by atoms with Crippen LogP contribution in [0.4, 0.5) is 0 Å². The molecule has 0 spiro atoms. The van der Waals surface area contributed by atoms with E-state index in [1.807, 2.05) is 6.92 Å². The number of esters is 1. The predicted octanol–water partition coefficient (Wildman–Crippen LogP) is 0.664. The third kappa shape index (κ3) is 4.16. The molecule has 0 aromatic carbocycles. The van der Waals surface area contributed by atoms with Gasteiger partial charge in [0.25, 0.3) is 0 Å². The van der Waals surface area contributed by atoms with Crippen LogP contribution < -0.4 is 0 Å². The van der Waals surface area contributed by atoms with Crippen molar-refractivity contribution in [2.45, 2.75) is 19.8 Å². The third-order valence-corrected chi connectivity index (χ3v) is 1.39. The third-order valence-electron chi connectivity index (χ3n) is 1.39. The molecule has 0 aromatic rings. The Morgan fingerprint density at radius 3 is 2.46 bits per heavy atom. The van der Waals surface area contributed by atoms with Gasteiger partial charge < -0.3 is 9.84 Å². The molecule has 0 aliphatic carbocycles. The molecule has 0 aliphatic rings. The lowest BCUT2D eigenvalue weighted by atomic mass is 10.1. The summed E-state index contributed by atoms with van der Waals surface area (Å²) < 4.78 is 4.32. The second kappa shape index (κ2) is 6.06. The van der Waals surface area contributed by atoms with Gasteiger partial charge in [0.05, 0.1) is 7.11 Å². The SMILES string of the molecule is CCC#CCC(C(=O)O)C(=O)OC. The number of ether oxygens (including phenoxy) is 1. The second-order valence-electron chi connectivity index (χ2n) is 2.33. The maximum absolute atomic E-state index is 10.9. The number of carbonyl (C=O) groups excluding carboxylic acids is 1. The first-order valence-corrected chi connectivity index (χ1v) is 3.89. The van der Waals surface area contributed by atoms with Crippen LogP contribution in [0.3, 0.4) is 0 Å². The van der Waals surface area contributed by atoms with E-state index in [2.05, 4.69) is 16.6 Å². The first kappa shape index (κ1) is 11.5. The number of carboxylic acid groups (broad SMARTS) is 1. The molecule has 4 nitrogen and oxygen atoms in total. The summed E-state index contributed by atoms with van der Waals surface area (Å²) in [7, 11) is 1.16. The molecule has 1 atom stereocenters. The summed E-state index contributed by atoms with van der Waals surface area (Å²) in [6.07, 6.45) is 0.656. The fraction of sp³-hybridized carbons (Fsp3) is 0.556. The van der Waals surface area contributed by atoms with E-state index in [4.69, 9.17) is 5.11 Å². The molecular formula is C9H12O4. The lowest BCUT2D eigenvalue weighted by Gasteiger charge is -2.04. The van der Waals surface area contributed by atoms with Crippen molar-refractivity contribution in [3.05, 3.63) is 0 Å². The van der Waals surface area contributed by atoms with Gasteiger partial charge in [0.1, 0.15) is 0 Å². The van der Waals surface area contributed by atoms with E-state index < -0.39 is 17.9 Å². The van der Waals surface area contributed by atoms with Crippen LogP contribution in [0.5, 0.6) is 0 Å². The smallest absolute Gasteiger partial charge is 0.321 e. The Morgan fingerprint density at radius 1 is 1.46 bits per heavy atom. The van der Waals surface area contributed by atoms with E-state index in [1.165, 1.54) is 0 Å². The standard InChI is InChI=1S/C9H12O4/c1-3-4-5-6-7(8(10)11)9(12)13-2/h7H,3,6H2,1-2H3,(H,10,11). The summed E-state index contributed by atoms with van der Waals surface area (Å²) in [5, 5.41) is 8.61. The molecule has 0 aliphatic heterocycles. The van der Waals surface area contributed by atoms with E-state index in [0.29, 0.717) is 6.42 Å². The summed E-state index contributed by atoms with van der Waals surface area (Å²) in [5.74, 6) is 2.18. The molecule has 0 heterocycles. The van der Waals surface area contributed by atoms with Crippen LogP contribution in [0.1, 0.15) is 19.8 Å². The van der Waals surface area contributed by atoms with Gasteiger partial charge in [-0.05, 0) is 0 Å². The van der Waals surface area contributed by atoms with Crippen LogP contribution in [0.2, 0.25) is 0 Å². The minimum absolute atomic E-state index is 0.00977. The summed E-state index contributed by atoms with van der Waals surface area (Å²) in [5.41, 5.74) is 0. The molecule has 13 heavy (non-hydrogen) atoms. The topological polar surface area (TPSA) is 63.6 Å². The van der Waals surface area contributed by atoms with Crippen molar-refractivity contribution in [2.75, 3.05) is 7.11 Å². The quantitative estimate of drug-likeness (QED) is 0.397. The maximum Gasteiger partial charge on any atom is 0.321 e. The van der Waals surface area contributed by atoms with Gasteiger partial charge in [-0.2, -0.15) is 0 Å². The number of rotatable bonds is 3. The first-order valence-electron chi connectivity index (χ1n) is 3.89. The van der Waals surface area contributed by atoms with Crippen LogP contribution in [-0.4, -0.2) is 24.2 Å². The van der Waals surface area contributed by atoms with Crippen LogP contribution in [-0.2, 0) is 14.3 Å². The zero-order valence-electron chi connectivity index (χ0n) is 7.66. The zero-order chi connectivity index (χ0) is 10.3. The Kier molecular flexibility index (Phi) is 5.37. The van der Waals surface area contributed by atoms with Crippen molar-refractivity contribution in [1.82, 2.24) is 0 Å². The van der Waals surface area contributed by atoms with Gasteiger partial charge in [0.2, 0.25) is 0 Å². The lowest BCUT2D eigenvalue weighted by Crippen LogP contribution is -2.24. The molecule has 0 aromatic heterocycles. The van der Waals surface area contributed by atoms with E-state index >= 15 is 0 Å². The van der Waals surface area contributed by atoms with Gasteiger partial charge in [-0.25, -0.2) is 0 Å². The van der Waals surface area contributed by atoms with Crippen LogP contribution in [0.15, 0.2) is 0 Å². The highest BCUT2D eigenvalue weighted by Crippen LogP contribution is 2.04. The van der Waals surface area contributed by atoms with Gasteiger partial charge in [-0.15, -0.1) is 11.8 Å². The highest BCUT2D eigenvalue weighted by molar-refractivity contribution is 5.94. The normalized spacial score (nSPS) is 10.9. The molecule has 72 valence electrons. The van der Waals surface area contributed by atoms with E-state index in [-0.39, 0.29) is 6.42 Å². The highest BCUT2D eigenvalue weighted by Gasteiger charge is 2.25. The van der Waals surface area contributed by atoms with E-state index in [0.717, 1.165) is 7.11 Å². The summed E-state index contributed by atoms with van der Waals surface area (Å²) >= 11 is 0. The molecule has 1 N–H and O–H groups in total. The number of hydrogen-bond acceptors (Lipinski definition) is 3. The number of carboxylic acids is 1. The van der Waals surface area contributed by atoms with Crippen molar-refractivity contribution in [1.29, 1.82) is 0 Å². The van der Waals surface area contributed by atoms with Gasteiger partial charge in [0.15, 0.2) is 5.92 Å². The van der Waals surface area contributed by atoms with Crippen LogP contribution in [0.25, 0.3) is 0 Å². The number of carbonyl (C=O) groups is 2. The van der Waals surface area contributed by atoms with Gasteiger partial charge >= 0.3 is 11.9 Å². The van der Waals surface area contributed by atoms with Crippen molar-refractivity contribution >= 4 is 11.9 Å². The molecule has 0 amide bonds. The largest absolute Gasteiger partial charge is 0.481 e. The fourth-order valence-corrected chi connectivity index (χ4v) is 0.713. The number of methoxy groups -OCH3 is 1. The molecule has 0 fully saturated rings. The second-order valence-corrected chi connectivity index (χ2v) is 2.33. The van der Waals surface area contributed by atoms with E-state index in [9.17, 15) is 9.59 Å². The first-order chi connectivity index (χ1) is 6.13. The minimum Gasteiger partial charge on any atom is -0.481 e. The fourth-order valence-electron chi connectivity index (χ4n) is 0.713. The van der Waals surface area contributed by atoms with Gasteiger partial charge in [-0.3, -0.25) is 9.59 Å². The van der Waals surface area contributed by atoms with E-state index in [1.54, 1.807) is 0 Å². The van der Waals surface area contributed by atoms with Gasteiger partial charge in [0, 0.05) is 12.8 Å². The molecule has 0 saturated heterocycles. The average molecular weight is 184 g/mol. The Morgan fingerprint density at radius 2 is 2.08 bits per heavy atom. The lowest BCUT2D eigenvalue weighted by molar-refractivity contribution is -0.156. The Hall–Kier alpha value is -1.50. The van der Waals surface area contributed by atoms with Crippen molar-refractivity contribution in [3.8, 4) is 11.8 Å². The summed E-state index contributed by atoms with van der Waals surface area (Å²) in [6.45, 7) is 1.85. The van der Waals surface area contributed by atoms with Crippen molar-refractivity contribution < 1.29 is 19.4 Å². The Balaban J connectivity index is 4.27. The highest BCUT2D eigenvalue weighted by atomic mass is 16.5. The van der Waals surface area contributed by atoms with Crippen LogP contribution >= 0.6 is 0 Å². The minimum atomic E-state index is -1.20. The van der Waals surface area contributed by atoms with Crippen molar-refractivity contribution in [2.24, 2.45) is 5.92 Å².